The zero-order valence-corrected chi connectivity index (χ0v) is 16.9. The summed E-state index contributed by atoms with van der Waals surface area (Å²) >= 11 is 1.23. The second kappa shape index (κ2) is 9.33. The number of carbonyl (C=O) groups is 1. The van der Waals surface area contributed by atoms with Gasteiger partial charge in [-0.2, -0.15) is 0 Å². The molecule has 0 atom stereocenters. The van der Waals surface area contributed by atoms with Crippen molar-refractivity contribution < 1.29 is 13.9 Å². The first-order valence-corrected chi connectivity index (χ1v) is 10.3. The molecular formula is C24H19FN2O2S. The largest absolute Gasteiger partial charge is 0.489 e. The number of hydrogen-bond donors (Lipinski definition) is 1. The van der Waals surface area contributed by atoms with Crippen LogP contribution < -0.4 is 10.1 Å². The van der Waals surface area contributed by atoms with Crippen molar-refractivity contribution in [2.75, 3.05) is 0 Å². The molecule has 4 aromatic rings. The van der Waals surface area contributed by atoms with E-state index in [1.165, 1.54) is 17.4 Å². The Balaban J connectivity index is 1.40. The van der Waals surface area contributed by atoms with Crippen LogP contribution in [0.2, 0.25) is 0 Å². The maximum atomic E-state index is 14.6. The van der Waals surface area contributed by atoms with E-state index < -0.39 is 5.82 Å². The Kier molecular flexibility index (Phi) is 6.15. The Bertz CT molecular complexity index is 1130. The molecule has 0 aliphatic heterocycles. The molecule has 4 nitrogen and oxygen atoms in total. The highest BCUT2D eigenvalue weighted by molar-refractivity contribution is 7.13. The standard InChI is InChI=1S/C24H19FN2O2S/c25-21-13-19(29-15-18-9-5-2-6-10-18)11-12-20(21)24-27-22(16-30-24)23(28)26-14-17-7-3-1-4-8-17/h1-13,16H,14-15H2,(H,26,28). The van der Waals surface area contributed by atoms with Crippen molar-refractivity contribution in [3.8, 4) is 16.3 Å². The number of hydrogen-bond acceptors (Lipinski definition) is 4. The summed E-state index contributed by atoms with van der Waals surface area (Å²) in [6.07, 6.45) is 0. The lowest BCUT2D eigenvalue weighted by molar-refractivity contribution is 0.0946. The van der Waals surface area contributed by atoms with Gasteiger partial charge in [0.25, 0.3) is 5.91 Å². The second-order valence-electron chi connectivity index (χ2n) is 6.62. The molecule has 0 spiro atoms. The van der Waals surface area contributed by atoms with E-state index in [9.17, 15) is 9.18 Å². The summed E-state index contributed by atoms with van der Waals surface area (Å²) < 4.78 is 20.3. The molecule has 0 aliphatic rings. The van der Waals surface area contributed by atoms with Crippen LogP contribution in [-0.2, 0) is 13.2 Å². The molecule has 0 saturated carbocycles. The van der Waals surface area contributed by atoms with E-state index >= 15 is 0 Å². The van der Waals surface area contributed by atoms with Crippen molar-refractivity contribution in [1.82, 2.24) is 10.3 Å². The quantitative estimate of drug-likeness (QED) is 0.434. The number of halogens is 1. The van der Waals surface area contributed by atoms with Crippen LogP contribution in [0.1, 0.15) is 21.6 Å². The number of carbonyl (C=O) groups excluding carboxylic acids is 1. The van der Waals surface area contributed by atoms with Gasteiger partial charge in [-0.05, 0) is 23.3 Å². The smallest absolute Gasteiger partial charge is 0.271 e. The summed E-state index contributed by atoms with van der Waals surface area (Å²) in [7, 11) is 0. The van der Waals surface area contributed by atoms with Crippen LogP contribution in [0.5, 0.6) is 5.75 Å². The van der Waals surface area contributed by atoms with Crippen LogP contribution in [0.15, 0.2) is 84.2 Å². The van der Waals surface area contributed by atoms with Crippen LogP contribution in [0.3, 0.4) is 0 Å². The fourth-order valence-corrected chi connectivity index (χ4v) is 3.70. The number of ether oxygens (including phenoxy) is 1. The molecule has 6 heteroatoms. The van der Waals surface area contributed by atoms with E-state index in [1.807, 2.05) is 60.7 Å². The molecule has 0 bridgehead atoms. The first kappa shape index (κ1) is 19.8. The minimum absolute atomic E-state index is 0.273. The van der Waals surface area contributed by atoms with Gasteiger partial charge in [-0.3, -0.25) is 4.79 Å². The number of thiazole rings is 1. The van der Waals surface area contributed by atoms with Crippen molar-refractivity contribution in [2.24, 2.45) is 0 Å². The van der Waals surface area contributed by atoms with E-state index in [-0.39, 0.29) is 11.6 Å². The van der Waals surface area contributed by atoms with Gasteiger partial charge in [0, 0.05) is 23.6 Å². The van der Waals surface area contributed by atoms with Crippen molar-refractivity contribution in [1.29, 1.82) is 0 Å². The summed E-state index contributed by atoms with van der Waals surface area (Å²) in [5, 5.41) is 4.91. The van der Waals surface area contributed by atoms with Gasteiger partial charge in [-0.1, -0.05) is 60.7 Å². The summed E-state index contributed by atoms with van der Waals surface area (Å²) in [5.74, 6) is -0.284. The second-order valence-corrected chi connectivity index (χ2v) is 7.48. The number of nitrogens with zero attached hydrogens (tertiary/aromatic N) is 1. The highest BCUT2D eigenvalue weighted by Crippen LogP contribution is 2.29. The predicted octanol–water partition coefficient (Wildman–Crippen LogP) is 5.46. The monoisotopic (exact) mass is 418 g/mol. The molecule has 1 aromatic heterocycles. The zero-order valence-electron chi connectivity index (χ0n) is 16.0. The van der Waals surface area contributed by atoms with E-state index in [0.717, 1.165) is 11.1 Å². The third-order valence-electron chi connectivity index (χ3n) is 4.45. The Morgan fingerprint density at radius 2 is 1.67 bits per heavy atom. The summed E-state index contributed by atoms with van der Waals surface area (Å²) in [6.45, 7) is 0.775. The molecule has 0 fully saturated rings. The number of benzene rings is 3. The number of amides is 1. The summed E-state index contributed by atoms with van der Waals surface area (Å²) in [6, 6.07) is 24.0. The average Bonchev–Trinajstić information content (AvgIpc) is 3.27. The molecule has 30 heavy (non-hydrogen) atoms. The Morgan fingerprint density at radius 3 is 2.37 bits per heavy atom. The maximum Gasteiger partial charge on any atom is 0.271 e. The lowest BCUT2D eigenvalue weighted by Crippen LogP contribution is -2.23. The van der Waals surface area contributed by atoms with Crippen molar-refractivity contribution in [2.45, 2.75) is 13.2 Å². The fraction of sp³-hybridized carbons (Fsp3) is 0.0833. The topological polar surface area (TPSA) is 51.2 Å². The molecule has 0 saturated heterocycles. The average molecular weight is 418 g/mol. The van der Waals surface area contributed by atoms with Gasteiger partial charge in [0.05, 0.1) is 0 Å². The van der Waals surface area contributed by atoms with Gasteiger partial charge in [0.1, 0.15) is 28.9 Å². The molecule has 3 aromatic carbocycles. The highest BCUT2D eigenvalue weighted by Gasteiger charge is 2.15. The SMILES string of the molecule is O=C(NCc1ccccc1)c1csc(-c2ccc(OCc3ccccc3)cc2F)n1. The van der Waals surface area contributed by atoms with E-state index in [0.29, 0.717) is 29.5 Å². The first-order chi connectivity index (χ1) is 14.7. The van der Waals surface area contributed by atoms with Crippen molar-refractivity contribution in [3.63, 3.8) is 0 Å². The van der Waals surface area contributed by atoms with Crippen LogP contribution >= 0.6 is 11.3 Å². The van der Waals surface area contributed by atoms with E-state index in [4.69, 9.17) is 4.74 Å². The fourth-order valence-electron chi connectivity index (χ4n) is 2.87. The Hall–Kier alpha value is -3.51. The molecule has 1 amide bonds. The zero-order chi connectivity index (χ0) is 20.8. The molecule has 0 radical (unpaired) electrons. The predicted molar refractivity (Wildman–Crippen MR) is 116 cm³/mol. The number of nitrogens with one attached hydrogen (secondary N) is 1. The van der Waals surface area contributed by atoms with Gasteiger partial charge >= 0.3 is 0 Å². The van der Waals surface area contributed by atoms with E-state index in [1.54, 1.807) is 17.5 Å². The van der Waals surface area contributed by atoms with Crippen LogP contribution in [0.25, 0.3) is 10.6 Å². The van der Waals surface area contributed by atoms with Gasteiger partial charge < -0.3 is 10.1 Å². The lowest BCUT2D eigenvalue weighted by atomic mass is 10.2. The van der Waals surface area contributed by atoms with Crippen LogP contribution in [-0.4, -0.2) is 10.9 Å². The molecule has 4 rings (SSSR count). The van der Waals surface area contributed by atoms with Gasteiger partial charge in [-0.15, -0.1) is 11.3 Å². The van der Waals surface area contributed by atoms with Gasteiger partial charge in [0.15, 0.2) is 0 Å². The minimum Gasteiger partial charge on any atom is -0.489 e. The number of aromatic nitrogens is 1. The van der Waals surface area contributed by atoms with Crippen LogP contribution in [0.4, 0.5) is 4.39 Å². The third kappa shape index (κ3) is 4.90. The molecule has 0 unspecified atom stereocenters. The summed E-state index contributed by atoms with van der Waals surface area (Å²) in [4.78, 5) is 16.6. The maximum absolute atomic E-state index is 14.6. The van der Waals surface area contributed by atoms with Gasteiger partial charge in [0.2, 0.25) is 0 Å². The van der Waals surface area contributed by atoms with Gasteiger partial charge in [-0.25, -0.2) is 9.37 Å². The molecule has 0 aliphatic carbocycles. The van der Waals surface area contributed by atoms with Crippen LogP contribution in [0, 0.1) is 5.82 Å². The Labute approximate surface area is 178 Å². The Morgan fingerprint density at radius 1 is 0.967 bits per heavy atom. The van der Waals surface area contributed by atoms with Crippen molar-refractivity contribution in [3.05, 3.63) is 107 Å². The van der Waals surface area contributed by atoms with Crippen molar-refractivity contribution >= 4 is 17.2 Å². The van der Waals surface area contributed by atoms with E-state index in [2.05, 4.69) is 10.3 Å². The molecule has 1 heterocycles. The summed E-state index contributed by atoms with van der Waals surface area (Å²) in [5.41, 5.74) is 2.62. The molecule has 1 N–H and O–H groups in total. The molecule has 150 valence electrons. The molecular weight excluding hydrogens is 399 g/mol. The number of rotatable bonds is 7. The highest BCUT2D eigenvalue weighted by atomic mass is 32.1. The first-order valence-electron chi connectivity index (χ1n) is 9.43. The minimum atomic E-state index is -0.439. The third-order valence-corrected chi connectivity index (χ3v) is 5.33. The normalized spacial score (nSPS) is 10.6. The lowest BCUT2D eigenvalue weighted by Gasteiger charge is -2.07.